The molecule has 1 fully saturated rings. The van der Waals surface area contributed by atoms with Crippen molar-refractivity contribution in [3.8, 4) is 0 Å². The van der Waals surface area contributed by atoms with E-state index in [4.69, 9.17) is 9.15 Å². The SMILES string of the molecule is CN(C)C(=O)OCCN(Cc1ccoc1)C1CCCCC1. The molecule has 0 bridgehead atoms. The molecule has 0 atom stereocenters. The number of hydrogen-bond donors (Lipinski definition) is 0. The molecule has 1 aliphatic rings. The molecular formula is C16H26N2O3. The lowest BCUT2D eigenvalue weighted by Gasteiger charge is -2.34. The maximum absolute atomic E-state index is 11.5. The van der Waals surface area contributed by atoms with Crippen LogP contribution in [0.4, 0.5) is 4.79 Å². The second-order valence-electron chi connectivity index (χ2n) is 5.90. The lowest BCUT2D eigenvalue weighted by Crippen LogP contribution is -2.39. The molecule has 0 radical (unpaired) electrons. The predicted octanol–water partition coefficient (Wildman–Crippen LogP) is 3.11. The predicted molar refractivity (Wildman–Crippen MR) is 81.0 cm³/mol. The van der Waals surface area contributed by atoms with Crippen molar-refractivity contribution in [2.45, 2.75) is 44.7 Å². The van der Waals surface area contributed by atoms with E-state index in [2.05, 4.69) is 4.90 Å². The van der Waals surface area contributed by atoms with Crippen molar-refractivity contribution in [1.82, 2.24) is 9.80 Å². The first-order valence-corrected chi connectivity index (χ1v) is 7.76. The highest BCUT2D eigenvalue weighted by Crippen LogP contribution is 2.24. The Bertz CT molecular complexity index is 411. The van der Waals surface area contributed by atoms with Crippen molar-refractivity contribution in [3.63, 3.8) is 0 Å². The van der Waals surface area contributed by atoms with Gasteiger partial charge in [-0.25, -0.2) is 4.79 Å². The van der Waals surface area contributed by atoms with Gasteiger partial charge in [0.1, 0.15) is 6.61 Å². The molecule has 0 N–H and O–H groups in total. The second-order valence-corrected chi connectivity index (χ2v) is 5.90. The van der Waals surface area contributed by atoms with Crippen molar-refractivity contribution in [2.24, 2.45) is 0 Å². The summed E-state index contributed by atoms with van der Waals surface area (Å²) in [5, 5.41) is 0. The molecule has 0 spiro atoms. The first kappa shape index (κ1) is 15.9. The molecule has 0 saturated heterocycles. The number of nitrogens with zero attached hydrogens (tertiary/aromatic N) is 2. The lowest BCUT2D eigenvalue weighted by atomic mass is 9.94. The van der Waals surface area contributed by atoms with E-state index in [1.165, 1.54) is 42.6 Å². The van der Waals surface area contributed by atoms with Gasteiger partial charge in [-0.2, -0.15) is 0 Å². The summed E-state index contributed by atoms with van der Waals surface area (Å²) in [6.07, 6.45) is 9.63. The van der Waals surface area contributed by atoms with Crippen LogP contribution in [0, 0.1) is 0 Å². The Morgan fingerprint density at radius 2 is 2.10 bits per heavy atom. The third-order valence-corrected chi connectivity index (χ3v) is 4.03. The molecule has 1 aliphatic carbocycles. The van der Waals surface area contributed by atoms with E-state index in [9.17, 15) is 4.79 Å². The number of amides is 1. The van der Waals surface area contributed by atoms with E-state index in [-0.39, 0.29) is 6.09 Å². The van der Waals surface area contributed by atoms with Crippen LogP contribution in [-0.4, -0.2) is 49.2 Å². The summed E-state index contributed by atoms with van der Waals surface area (Å²) in [5.74, 6) is 0. The topological polar surface area (TPSA) is 45.9 Å². The van der Waals surface area contributed by atoms with Gasteiger partial charge in [0.15, 0.2) is 0 Å². The summed E-state index contributed by atoms with van der Waals surface area (Å²) in [4.78, 5) is 15.4. The molecule has 1 aromatic heterocycles. The van der Waals surface area contributed by atoms with Gasteiger partial charge in [-0.1, -0.05) is 19.3 Å². The standard InChI is InChI=1S/C16H26N2O3/c1-17(2)16(19)21-11-9-18(12-14-8-10-20-13-14)15-6-4-3-5-7-15/h8,10,13,15H,3-7,9,11-12H2,1-2H3. The number of carbonyl (C=O) groups is 1. The van der Waals surface area contributed by atoms with Crippen LogP contribution in [0.2, 0.25) is 0 Å². The van der Waals surface area contributed by atoms with Gasteiger partial charge in [0, 0.05) is 38.8 Å². The quantitative estimate of drug-likeness (QED) is 0.808. The minimum Gasteiger partial charge on any atom is -0.472 e. The minimum absolute atomic E-state index is 0.276. The lowest BCUT2D eigenvalue weighted by molar-refractivity contribution is 0.0811. The molecule has 0 aromatic carbocycles. The molecule has 5 heteroatoms. The Kier molecular flexibility index (Phi) is 6.11. The highest BCUT2D eigenvalue weighted by molar-refractivity contribution is 5.66. The van der Waals surface area contributed by atoms with E-state index in [1.807, 2.05) is 6.07 Å². The zero-order valence-electron chi connectivity index (χ0n) is 13.1. The van der Waals surface area contributed by atoms with E-state index in [0.717, 1.165) is 13.1 Å². The van der Waals surface area contributed by atoms with Crippen molar-refractivity contribution >= 4 is 6.09 Å². The second kappa shape index (κ2) is 8.08. The fraction of sp³-hybridized carbons (Fsp3) is 0.688. The third-order valence-electron chi connectivity index (χ3n) is 4.03. The highest BCUT2D eigenvalue weighted by atomic mass is 16.6. The molecular weight excluding hydrogens is 268 g/mol. The summed E-state index contributed by atoms with van der Waals surface area (Å²) in [6, 6.07) is 2.59. The van der Waals surface area contributed by atoms with Gasteiger partial charge in [-0.05, 0) is 18.9 Å². The van der Waals surface area contributed by atoms with E-state index in [1.54, 1.807) is 26.6 Å². The van der Waals surface area contributed by atoms with Crippen molar-refractivity contribution in [2.75, 3.05) is 27.2 Å². The van der Waals surface area contributed by atoms with Crippen LogP contribution < -0.4 is 0 Å². The van der Waals surface area contributed by atoms with Gasteiger partial charge in [0.05, 0.1) is 12.5 Å². The number of rotatable bonds is 6. The first-order valence-electron chi connectivity index (χ1n) is 7.76. The van der Waals surface area contributed by atoms with Crippen LogP contribution in [0.5, 0.6) is 0 Å². The van der Waals surface area contributed by atoms with Crippen molar-refractivity contribution in [3.05, 3.63) is 24.2 Å². The molecule has 2 rings (SSSR count). The Morgan fingerprint density at radius 3 is 2.71 bits per heavy atom. The van der Waals surface area contributed by atoms with Crippen LogP contribution in [0.3, 0.4) is 0 Å². The number of ether oxygens (including phenoxy) is 1. The summed E-state index contributed by atoms with van der Waals surface area (Å²) in [5.41, 5.74) is 1.18. The van der Waals surface area contributed by atoms with E-state index < -0.39 is 0 Å². The fourth-order valence-electron chi connectivity index (χ4n) is 2.83. The Hall–Kier alpha value is -1.49. The summed E-state index contributed by atoms with van der Waals surface area (Å²) < 4.78 is 10.4. The third kappa shape index (κ3) is 5.08. The largest absolute Gasteiger partial charge is 0.472 e. The average Bonchev–Trinajstić information content (AvgIpc) is 3.00. The molecule has 1 saturated carbocycles. The van der Waals surface area contributed by atoms with Gasteiger partial charge in [0.25, 0.3) is 0 Å². The van der Waals surface area contributed by atoms with Gasteiger partial charge in [-0.15, -0.1) is 0 Å². The van der Waals surface area contributed by atoms with Gasteiger partial charge in [0.2, 0.25) is 0 Å². The van der Waals surface area contributed by atoms with E-state index >= 15 is 0 Å². The van der Waals surface area contributed by atoms with Crippen LogP contribution in [0.1, 0.15) is 37.7 Å². The Balaban J connectivity index is 1.86. The van der Waals surface area contributed by atoms with Crippen molar-refractivity contribution < 1.29 is 13.9 Å². The molecule has 118 valence electrons. The monoisotopic (exact) mass is 294 g/mol. The molecule has 1 aromatic rings. The molecule has 21 heavy (non-hydrogen) atoms. The zero-order valence-corrected chi connectivity index (χ0v) is 13.1. The zero-order chi connectivity index (χ0) is 15.1. The average molecular weight is 294 g/mol. The summed E-state index contributed by atoms with van der Waals surface area (Å²) in [7, 11) is 3.40. The van der Waals surface area contributed by atoms with Crippen LogP contribution in [0.25, 0.3) is 0 Å². The number of furan rings is 1. The van der Waals surface area contributed by atoms with Crippen LogP contribution >= 0.6 is 0 Å². The maximum atomic E-state index is 11.5. The van der Waals surface area contributed by atoms with Crippen LogP contribution in [-0.2, 0) is 11.3 Å². The smallest absolute Gasteiger partial charge is 0.409 e. The highest BCUT2D eigenvalue weighted by Gasteiger charge is 2.21. The van der Waals surface area contributed by atoms with E-state index in [0.29, 0.717) is 12.6 Å². The fourth-order valence-corrected chi connectivity index (χ4v) is 2.83. The summed E-state index contributed by atoms with van der Waals surface area (Å²) in [6.45, 7) is 2.07. The molecule has 1 heterocycles. The van der Waals surface area contributed by atoms with Gasteiger partial charge < -0.3 is 14.1 Å². The Morgan fingerprint density at radius 1 is 1.33 bits per heavy atom. The molecule has 0 unspecified atom stereocenters. The van der Waals surface area contributed by atoms with Gasteiger partial charge in [-0.3, -0.25) is 4.90 Å². The molecule has 1 amide bonds. The normalized spacial score (nSPS) is 16.1. The number of carbonyl (C=O) groups excluding carboxylic acids is 1. The number of hydrogen-bond acceptors (Lipinski definition) is 4. The Labute approximate surface area is 126 Å². The maximum Gasteiger partial charge on any atom is 0.409 e. The molecule has 0 aliphatic heterocycles. The summed E-state index contributed by atoms with van der Waals surface area (Å²) >= 11 is 0. The van der Waals surface area contributed by atoms with Crippen LogP contribution in [0.15, 0.2) is 23.0 Å². The first-order chi connectivity index (χ1) is 10.2. The molecule has 5 nitrogen and oxygen atoms in total. The minimum atomic E-state index is -0.276. The van der Waals surface area contributed by atoms with Gasteiger partial charge >= 0.3 is 6.09 Å². The van der Waals surface area contributed by atoms with Crippen molar-refractivity contribution in [1.29, 1.82) is 0 Å².